The maximum atomic E-state index is 12.1. The van der Waals surface area contributed by atoms with Gasteiger partial charge in [-0.3, -0.25) is 0 Å². The number of alkyl carbamates (subject to hydrolysis) is 1. The van der Waals surface area contributed by atoms with Crippen LogP contribution in [-0.4, -0.2) is 42.5 Å². The highest BCUT2D eigenvalue weighted by Gasteiger charge is 2.33. The van der Waals surface area contributed by atoms with Gasteiger partial charge in [0.05, 0.1) is 11.6 Å². The van der Waals surface area contributed by atoms with Crippen LogP contribution in [0.5, 0.6) is 0 Å². The zero-order valence-corrected chi connectivity index (χ0v) is 14.4. The molecule has 0 aromatic heterocycles. The number of amides is 1. The van der Waals surface area contributed by atoms with E-state index in [0.717, 1.165) is 32.4 Å². The topological polar surface area (TPSA) is 59.6 Å². The van der Waals surface area contributed by atoms with Gasteiger partial charge in [0.1, 0.15) is 5.60 Å². The highest BCUT2D eigenvalue weighted by Crippen LogP contribution is 2.19. The molecule has 2 N–H and O–H groups in total. The molecular formula is C16H32N2O3. The molecule has 0 aromatic rings. The van der Waals surface area contributed by atoms with Crippen LogP contribution in [0, 0.1) is 0 Å². The lowest BCUT2D eigenvalue weighted by Crippen LogP contribution is -2.57. The van der Waals surface area contributed by atoms with E-state index >= 15 is 0 Å². The maximum Gasteiger partial charge on any atom is 0.408 e. The Kier molecular flexibility index (Phi) is 6.47. The van der Waals surface area contributed by atoms with Gasteiger partial charge >= 0.3 is 6.09 Å². The van der Waals surface area contributed by atoms with Crippen LogP contribution in [0.2, 0.25) is 0 Å². The number of ether oxygens (including phenoxy) is 2. The summed E-state index contributed by atoms with van der Waals surface area (Å²) in [6.45, 7) is 13.5. The van der Waals surface area contributed by atoms with Gasteiger partial charge in [-0.25, -0.2) is 4.79 Å². The molecule has 1 aliphatic heterocycles. The standard InChI is InChI=1S/C16H32N2O3/c1-7-16(8-2,18-14(19)21-15(4,5)6)11-17-13-9-10-20-12(13)3/h12-13,17H,7-11H2,1-6H3,(H,18,19). The van der Waals surface area contributed by atoms with E-state index in [1.165, 1.54) is 0 Å². The molecular weight excluding hydrogens is 268 g/mol. The van der Waals surface area contributed by atoms with Crippen molar-refractivity contribution in [3.8, 4) is 0 Å². The number of hydrogen-bond acceptors (Lipinski definition) is 4. The fourth-order valence-electron chi connectivity index (χ4n) is 2.57. The van der Waals surface area contributed by atoms with Gasteiger partial charge in [0.15, 0.2) is 0 Å². The van der Waals surface area contributed by atoms with Crippen molar-refractivity contribution in [3.63, 3.8) is 0 Å². The van der Waals surface area contributed by atoms with Crippen molar-refractivity contribution in [3.05, 3.63) is 0 Å². The van der Waals surface area contributed by atoms with Crippen LogP contribution < -0.4 is 10.6 Å². The molecule has 1 aliphatic rings. The first kappa shape index (κ1) is 18.2. The van der Waals surface area contributed by atoms with E-state index in [1.54, 1.807) is 0 Å². The summed E-state index contributed by atoms with van der Waals surface area (Å²) >= 11 is 0. The van der Waals surface area contributed by atoms with E-state index in [-0.39, 0.29) is 17.7 Å². The average molecular weight is 300 g/mol. The predicted molar refractivity (Wildman–Crippen MR) is 84.5 cm³/mol. The van der Waals surface area contributed by atoms with Gasteiger partial charge in [-0.15, -0.1) is 0 Å². The molecule has 0 aliphatic carbocycles. The lowest BCUT2D eigenvalue weighted by atomic mass is 9.92. The van der Waals surface area contributed by atoms with Gasteiger partial charge < -0.3 is 20.1 Å². The predicted octanol–water partition coefficient (Wildman–Crippen LogP) is 2.84. The summed E-state index contributed by atoms with van der Waals surface area (Å²) in [7, 11) is 0. The molecule has 0 aromatic carbocycles. The van der Waals surface area contributed by atoms with Crippen LogP contribution in [0.25, 0.3) is 0 Å². The van der Waals surface area contributed by atoms with Crippen molar-refractivity contribution in [1.29, 1.82) is 0 Å². The first-order valence-corrected chi connectivity index (χ1v) is 8.07. The summed E-state index contributed by atoms with van der Waals surface area (Å²) in [5.74, 6) is 0. The van der Waals surface area contributed by atoms with Gasteiger partial charge in [0, 0.05) is 19.2 Å². The second-order valence-corrected chi connectivity index (χ2v) is 6.97. The van der Waals surface area contributed by atoms with Crippen molar-refractivity contribution in [2.45, 2.75) is 84.1 Å². The molecule has 21 heavy (non-hydrogen) atoms. The Morgan fingerprint density at radius 3 is 2.33 bits per heavy atom. The van der Waals surface area contributed by atoms with E-state index in [2.05, 4.69) is 31.4 Å². The molecule has 2 atom stereocenters. The van der Waals surface area contributed by atoms with Crippen molar-refractivity contribution < 1.29 is 14.3 Å². The lowest BCUT2D eigenvalue weighted by Gasteiger charge is -2.35. The first-order valence-electron chi connectivity index (χ1n) is 8.07. The molecule has 124 valence electrons. The van der Waals surface area contributed by atoms with Crippen molar-refractivity contribution in [2.24, 2.45) is 0 Å². The molecule has 2 unspecified atom stereocenters. The molecule has 0 saturated carbocycles. The fourth-order valence-corrected chi connectivity index (χ4v) is 2.57. The Labute approximate surface area is 129 Å². The number of carbonyl (C=O) groups excluding carboxylic acids is 1. The maximum absolute atomic E-state index is 12.1. The molecule has 0 radical (unpaired) electrons. The molecule has 1 amide bonds. The van der Waals surface area contributed by atoms with Crippen LogP contribution in [0.1, 0.15) is 60.8 Å². The molecule has 1 fully saturated rings. The average Bonchev–Trinajstić information content (AvgIpc) is 2.78. The van der Waals surface area contributed by atoms with Crippen LogP contribution in [0.15, 0.2) is 0 Å². The first-order chi connectivity index (χ1) is 9.71. The molecule has 0 spiro atoms. The van der Waals surface area contributed by atoms with Crippen LogP contribution >= 0.6 is 0 Å². The normalized spacial score (nSPS) is 23.1. The second-order valence-electron chi connectivity index (χ2n) is 6.97. The SMILES string of the molecule is CCC(CC)(CNC1CCOC1C)NC(=O)OC(C)(C)C. The minimum atomic E-state index is -0.474. The smallest absolute Gasteiger partial charge is 0.408 e. The monoisotopic (exact) mass is 300 g/mol. The number of nitrogens with one attached hydrogen (secondary N) is 2. The molecule has 1 saturated heterocycles. The third-order valence-electron chi connectivity index (χ3n) is 4.20. The Hall–Kier alpha value is -0.810. The van der Waals surface area contributed by atoms with Gasteiger partial charge in [-0.2, -0.15) is 0 Å². The third kappa shape index (κ3) is 5.83. The third-order valence-corrected chi connectivity index (χ3v) is 4.20. The largest absolute Gasteiger partial charge is 0.444 e. The fraction of sp³-hybridized carbons (Fsp3) is 0.938. The molecule has 1 rings (SSSR count). The minimum absolute atomic E-state index is 0.234. The van der Waals surface area contributed by atoms with Gasteiger partial charge in [-0.05, 0) is 47.0 Å². The summed E-state index contributed by atoms with van der Waals surface area (Å²) < 4.78 is 11.0. The summed E-state index contributed by atoms with van der Waals surface area (Å²) in [4.78, 5) is 12.1. The molecule has 0 bridgehead atoms. The number of rotatable bonds is 6. The summed E-state index contributed by atoms with van der Waals surface area (Å²) in [5, 5.41) is 6.61. The minimum Gasteiger partial charge on any atom is -0.444 e. The summed E-state index contributed by atoms with van der Waals surface area (Å²) in [5.41, 5.74) is -0.747. The van der Waals surface area contributed by atoms with Crippen molar-refractivity contribution in [1.82, 2.24) is 10.6 Å². The summed E-state index contributed by atoms with van der Waals surface area (Å²) in [6, 6.07) is 0.364. The number of hydrogen-bond donors (Lipinski definition) is 2. The van der Waals surface area contributed by atoms with E-state index in [1.807, 2.05) is 20.8 Å². The quantitative estimate of drug-likeness (QED) is 0.792. The Bertz CT molecular complexity index is 335. The van der Waals surface area contributed by atoms with Gasteiger partial charge in [-0.1, -0.05) is 13.8 Å². The molecule has 5 heteroatoms. The highest BCUT2D eigenvalue weighted by molar-refractivity contribution is 5.68. The highest BCUT2D eigenvalue weighted by atomic mass is 16.6. The van der Waals surface area contributed by atoms with Crippen molar-refractivity contribution in [2.75, 3.05) is 13.2 Å². The molecule has 1 heterocycles. The molecule has 5 nitrogen and oxygen atoms in total. The van der Waals surface area contributed by atoms with Gasteiger partial charge in [0.2, 0.25) is 0 Å². The van der Waals surface area contributed by atoms with E-state index in [0.29, 0.717) is 6.04 Å². The van der Waals surface area contributed by atoms with E-state index < -0.39 is 5.60 Å². The van der Waals surface area contributed by atoms with Crippen LogP contribution in [0.3, 0.4) is 0 Å². The van der Waals surface area contributed by atoms with E-state index in [9.17, 15) is 4.79 Å². The zero-order chi connectivity index (χ0) is 16.1. The van der Waals surface area contributed by atoms with Crippen LogP contribution in [0.4, 0.5) is 4.79 Å². The van der Waals surface area contributed by atoms with Crippen molar-refractivity contribution >= 4 is 6.09 Å². The van der Waals surface area contributed by atoms with Gasteiger partial charge in [0.25, 0.3) is 0 Å². The Balaban J connectivity index is 2.58. The number of carbonyl (C=O) groups is 1. The Morgan fingerprint density at radius 1 is 1.29 bits per heavy atom. The van der Waals surface area contributed by atoms with E-state index in [4.69, 9.17) is 9.47 Å². The summed E-state index contributed by atoms with van der Waals surface area (Å²) in [6.07, 6.45) is 2.63. The Morgan fingerprint density at radius 2 is 1.90 bits per heavy atom. The second kappa shape index (κ2) is 7.45. The van der Waals surface area contributed by atoms with Crippen LogP contribution in [-0.2, 0) is 9.47 Å². The lowest BCUT2D eigenvalue weighted by molar-refractivity contribution is 0.0441. The zero-order valence-electron chi connectivity index (χ0n) is 14.4.